The van der Waals surface area contributed by atoms with Gasteiger partial charge in [0.25, 0.3) is 0 Å². The van der Waals surface area contributed by atoms with E-state index >= 15 is 0 Å². The van der Waals surface area contributed by atoms with Crippen LogP contribution >= 0.6 is 0 Å². The second-order valence-corrected chi connectivity index (χ2v) is 6.34. The molecule has 1 N–H and O–H groups in total. The minimum Gasteiger partial charge on any atom is -0.320 e. The number of nitrogens with one attached hydrogen (secondary N) is 1. The smallest absolute Gasteiger partial charge is 0.320 e. The number of nitrogens with zero attached hydrogens (tertiary/aromatic N) is 4. The zero-order valence-corrected chi connectivity index (χ0v) is 13.3. The second kappa shape index (κ2) is 6.07. The third-order valence-electron chi connectivity index (χ3n) is 4.79. The summed E-state index contributed by atoms with van der Waals surface area (Å²) in [4.78, 5) is 26.2. The van der Waals surface area contributed by atoms with Gasteiger partial charge in [-0.1, -0.05) is 5.21 Å². The number of aryl methyl sites for hydroxylation is 1. The van der Waals surface area contributed by atoms with Crippen molar-refractivity contribution in [2.24, 2.45) is 0 Å². The van der Waals surface area contributed by atoms with Gasteiger partial charge in [-0.25, -0.2) is 4.79 Å². The SMILES string of the molecule is O=C1CCc2cc(NC(=O)N3CCC[C@H]3Cn3ccnn3)ccc21. The third-order valence-corrected chi connectivity index (χ3v) is 4.79. The summed E-state index contributed by atoms with van der Waals surface area (Å²) >= 11 is 0. The van der Waals surface area contributed by atoms with Crippen LogP contribution in [-0.4, -0.2) is 44.3 Å². The fraction of sp³-hybridized carbons (Fsp3) is 0.412. The number of carbonyl (C=O) groups excluding carboxylic acids is 2. The predicted molar refractivity (Wildman–Crippen MR) is 87.9 cm³/mol. The lowest BCUT2D eigenvalue weighted by Gasteiger charge is -2.25. The maximum Gasteiger partial charge on any atom is 0.322 e. The molecule has 0 bridgehead atoms. The first-order valence-corrected chi connectivity index (χ1v) is 8.28. The first-order chi connectivity index (χ1) is 11.7. The highest BCUT2D eigenvalue weighted by Gasteiger charge is 2.29. The topological polar surface area (TPSA) is 80.1 Å². The number of anilines is 1. The fourth-order valence-corrected chi connectivity index (χ4v) is 3.57. The summed E-state index contributed by atoms with van der Waals surface area (Å²) in [5, 5.41) is 10.8. The number of benzene rings is 1. The van der Waals surface area contributed by atoms with Gasteiger partial charge in [0.05, 0.1) is 18.8 Å². The van der Waals surface area contributed by atoms with Gasteiger partial charge in [0.2, 0.25) is 0 Å². The van der Waals surface area contributed by atoms with Crippen molar-refractivity contribution in [1.29, 1.82) is 0 Å². The van der Waals surface area contributed by atoms with Crippen molar-refractivity contribution >= 4 is 17.5 Å². The molecular weight excluding hydrogens is 306 g/mol. The number of hydrogen-bond acceptors (Lipinski definition) is 4. The number of likely N-dealkylation sites (tertiary alicyclic amines) is 1. The summed E-state index contributed by atoms with van der Waals surface area (Å²) in [7, 11) is 0. The van der Waals surface area contributed by atoms with E-state index in [1.807, 2.05) is 29.3 Å². The number of hydrogen-bond donors (Lipinski definition) is 1. The molecule has 2 aliphatic rings. The molecule has 1 aromatic heterocycles. The van der Waals surface area contributed by atoms with Crippen LogP contribution in [0.1, 0.15) is 35.2 Å². The average molecular weight is 325 g/mol. The molecule has 2 amide bonds. The van der Waals surface area contributed by atoms with Crippen LogP contribution in [-0.2, 0) is 13.0 Å². The van der Waals surface area contributed by atoms with Gasteiger partial charge in [-0.2, -0.15) is 0 Å². The van der Waals surface area contributed by atoms with Crippen LogP contribution in [0, 0.1) is 0 Å². The van der Waals surface area contributed by atoms with E-state index in [2.05, 4.69) is 15.6 Å². The number of aromatic nitrogens is 3. The summed E-state index contributed by atoms with van der Waals surface area (Å²) in [5.41, 5.74) is 2.57. The van der Waals surface area contributed by atoms with E-state index in [1.54, 1.807) is 10.9 Å². The van der Waals surface area contributed by atoms with Crippen molar-refractivity contribution < 1.29 is 9.59 Å². The Kier molecular flexibility index (Phi) is 3.76. The lowest BCUT2D eigenvalue weighted by molar-refractivity contribution is 0.0994. The number of fused-ring (bicyclic) bond motifs is 1. The standard InChI is InChI=1S/C17H19N5O2/c23-16-6-3-12-10-13(4-5-15(12)16)19-17(24)22-8-1-2-14(22)11-21-9-7-18-20-21/h4-5,7,9-10,14H,1-3,6,8,11H2,(H,19,24)/t14-/m0/s1. The molecule has 1 atom stereocenters. The molecule has 7 heteroatoms. The van der Waals surface area contributed by atoms with Crippen LogP contribution in [0.5, 0.6) is 0 Å². The van der Waals surface area contributed by atoms with Gasteiger partial charge < -0.3 is 10.2 Å². The van der Waals surface area contributed by atoms with Crippen molar-refractivity contribution in [3.05, 3.63) is 41.7 Å². The quantitative estimate of drug-likeness (QED) is 0.937. The van der Waals surface area contributed by atoms with Crippen LogP contribution in [0.25, 0.3) is 0 Å². The second-order valence-electron chi connectivity index (χ2n) is 6.34. The van der Waals surface area contributed by atoms with Crippen molar-refractivity contribution in [3.63, 3.8) is 0 Å². The number of urea groups is 1. The van der Waals surface area contributed by atoms with Gasteiger partial charge in [0.1, 0.15) is 0 Å². The Bertz CT molecular complexity index is 771. The molecule has 1 saturated heterocycles. The molecule has 1 fully saturated rings. The number of rotatable bonds is 3. The maximum absolute atomic E-state index is 12.6. The zero-order chi connectivity index (χ0) is 16.5. The largest absolute Gasteiger partial charge is 0.322 e. The summed E-state index contributed by atoms with van der Waals surface area (Å²) in [6, 6.07) is 5.57. The molecule has 24 heavy (non-hydrogen) atoms. The van der Waals surface area contributed by atoms with Gasteiger partial charge in [0.15, 0.2) is 5.78 Å². The summed E-state index contributed by atoms with van der Waals surface area (Å²) < 4.78 is 1.76. The molecule has 7 nitrogen and oxygen atoms in total. The Labute approximate surface area is 139 Å². The molecule has 1 aromatic carbocycles. The Morgan fingerprint density at radius 1 is 1.33 bits per heavy atom. The minimum absolute atomic E-state index is 0.0955. The summed E-state index contributed by atoms with van der Waals surface area (Å²) in [5.74, 6) is 0.190. The van der Waals surface area contributed by atoms with Crippen LogP contribution < -0.4 is 5.32 Å². The number of ketones is 1. The highest BCUT2D eigenvalue weighted by molar-refractivity contribution is 6.01. The molecule has 1 aliphatic heterocycles. The Morgan fingerprint density at radius 2 is 2.25 bits per heavy atom. The van der Waals surface area contributed by atoms with Gasteiger partial charge in [-0.05, 0) is 43.0 Å². The Hall–Kier alpha value is -2.70. The number of amides is 2. The van der Waals surface area contributed by atoms with E-state index in [0.29, 0.717) is 13.0 Å². The zero-order valence-electron chi connectivity index (χ0n) is 13.3. The Morgan fingerprint density at radius 3 is 3.08 bits per heavy atom. The minimum atomic E-state index is -0.0955. The van der Waals surface area contributed by atoms with Crippen LogP contribution in [0.4, 0.5) is 10.5 Å². The van der Waals surface area contributed by atoms with E-state index in [4.69, 9.17) is 0 Å². The normalized spacial score (nSPS) is 19.6. The third kappa shape index (κ3) is 2.77. The molecule has 1 aliphatic carbocycles. The Balaban J connectivity index is 1.44. The van der Waals surface area contributed by atoms with E-state index in [-0.39, 0.29) is 17.9 Å². The molecule has 0 radical (unpaired) electrons. The van der Waals surface area contributed by atoms with Gasteiger partial charge in [-0.3, -0.25) is 9.48 Å². The highest BCUT2D eigenvalue weighted by Crippen LogP contribution is 2.26. The number of carbonyl (C=O) groups is 2. The van der Waals surface area contributed by atoms with Gasteiger partial charge in [0, 0.05) is 30.4 Å². The van der Waals surface area contributed by atoms with Crippen LogP contribution in [0.2, 0.25) is 0 Å². The van der Waals surface area contributed by atoms with Crippen LogP contribution in [0.3, 0.4) is 0 Å². The molecule has 124 valence electrons. The molecule has 0 saturated carbocycles. The molecule has 0 unspecified atom stereocenters. The highest BCUT2D eigenvalue weighted by atomic mass is 16.2. The molecule has 0 spiro atoms. The van der Waals surface area contributed by atoms with Gasteiger partial charge in [-0.15, -0.1) is 5.10 Å². The van der Waals surface area contributed by atoms with E-state index in [0.717, 1.165) is 42.6 Å². The molecular formula is C17H19N5O2. The van der Waals surface area contributed by atoms with Crippen molar-refractivity contribution in [1.82, 2.24) is 19.9 Å². The van der Waals surface area contributed by atoms with Crippen molar-refractivity contribution in [3.8, 4) is 0 Å². The maximum atomic E-state index is 12.6. The van der Waals surface area contributed by atoms with Crippen molar-refractivity contribution in [2.45, 2.75) is 38.3 Å². The van der Waals surface area contributed by atoms with E-state index < -0.39 is 0 Å². The van der Waals surface area contributed by atoms with Gasteiger partial charge >= 0.3 is 6.03 Å². The van der Waals surface area contributed by atoms with E-state index in [9.17, 15) is 9.59 Å². The van der Waals surface area contributed by atoms with E-state index in [1.165, 1.54) is 0 Å². The molecule has 2 heterocycles. The van der Waals surface area contributed by atoms with Crippen molar-refractivity contribution in [2.75, 3.05) is 11.9 Å². The average Bonchev–Trinajstić information content (AvgIpc) is 3.30. The first kappa shape index (κ1) is 14.9. The van der Waals surface area contributed by atoms with Crippen LogP contribution in [0.15, 0.2) is 30.6 Å². The fourth-order valence-electron chi connectivity index (χ4n) is 3.57. The lowest BCUT2D eigenvalue weighted by atomic mass is 10.1. The predicted octanol–water partition coefficient (Wildman–Crippen LogP) is 2.10. The summed E-state index contributed by atoms with van der Waals surface area (Å²) in [6.07, 6.45) is 6.74. The summed E-state index contributed by atoms with van der Waals surface area (Å²) in [6.45, 7) is 1.40. The first-order valence-electron chi connectivity index (χ1n) is 8.28. The monoisotopic (exact) mass is 325 g/mol. The molecule has 2 aromatic rings. The lowest BCUT2D eigenvalue weighted by Crippen LogP contribution is -2.40. The number of Topliss-reactive ketones (excluding diaryl/α,β-unsaturated/α-hetero) is 1. The molecule has 4 rings (SSSR count).